The van der Waals surface area contributed by atoms with E-state index in [4.69, 9.17) is 0 Å². The van der Waals surface area contributed by atoms with Gasteiger partial charge < -0.3 is 10.4 Å². The van der Waals surface area contributed by atoms with Crippen molar-refractivity contribution in [1.29, 1.82) is 0 Å². The second-order valence-electron chi connectivity index (χ2n) is 8.44. The predicted molar refractivity (Wildman–Crippen MR) is 127 cm³/mol. The van der Waals surface area contributed by atoms with Crippen LogP contribution >= 0.6 is 0 Å². The molecule has 2 N–H and O–H groups in total. The first-order chi connectivity index (χ1) is 16.6. The lowest BCUT2D eigenvalue weighted by Gasteiger charge is -2.43. The Morgan fingerprint density at radius 3 is 2.63 bits per heavy atom. The molecule has 1 fully saturated rings. The lowest BCUT2D eigenvalue weighted by atomic mass is 9.89. The molecule has 190 valence electrons. The molecule has 3 atom stereocenters. The van der Waals surface area contributed by atoms with Crippen LogP contribution in [0.3, 0.4) is 0 Å². The Kier molecular flexibility index (Phi) is 8.39. The van der Waals surface area contributed by atoms with E-state index in [9.17, 15) is 22.7 Å². The summed E-state index contributed by atoms with van der Waals surface area (Å²) in [7, 11) is 0. The van der Waals surface area contributed by atoms with Crippen molar-refractivity contribution in [2.24, 2.45) is 16.1 Å². The molecule has 1 aliphatic rings. The number of nitrogens with one attached hydrogen (secondary N) is 1. The number of rotatable bonds is 8. The lowest BCUT2D eigenvalue weighted by Crippen LogP contribution is -2.50. The van der Waals surface area contributed by atoms with Crippen molar-refractivity contribution in [1.82, 2.24) is 14.9 Å². The number of nitrogens with zero attached hydrogens (tertiary/aromatic N) is 6. The average molecular weight is 496 g/mol. The maximum Gasteiger partial charge on any atom is 0.419 e. The van der Waals surface area contributed by atoms with Gasteiger partial charge in [-0.25, -0.2) is 14.4 Å². The minimum Gasteiger partial charge on any atom is -0.374 e. The van der Waals surface area contributed by atoms with Crippen molar-refractivity contribution in [2.45, 2.75) is 52.1 Å². The number of anilines is 2. The summed E-state index contributed by atoms with van der Waals surface area (Å²) >= 11 is 0. The zero-order valence-electron chi connectivity index (χ0n) is 19.8. The van der Waals surface area contributed by atoms with Gasteiger partial charge in [-0.2, -0.15) is 28.5 Å². The molecule has 0 bridgehead atoms. The molecular formula is C23H29F4N7O. The number of hydrogen-bond donors (Lipinski definition) is 2. The van der Waals surface area contributed by atoms with Crippen LogP contribution in [-0.2, 0) is 6.18 Å². The molecule has 0 radical (unpaired) electrons. The fourth-order valence-electron chi connectivity index (χ4n) is 4.19. The molecule has 0 amide bonds. The molecule has 1 saturated heterocycles. The SMILES string of the molecule is C=NN(/N=C\C)c1cc(C)c(F)cc1C(O)N1CCC[C@@H](C)[C@H]1CNc1ncc(C(F)(F)F)cn1. The Bertz CT molecular complexity index is 1050. The Morgan fingerprint density at radius 1 is 1.34 bits per heavy atom. The summed E-state index contributed by atoms with van der Waals surface area (Å²) in [6.07, 6.45) is -1.07. The maximum absolute atomic E-state index is 14.6. The van der Waals surface area contributed by atoms with Crippen LogP contribution in [0.2, 0.25) is 0 Å². The Morgan fingerprint density at radius 2 is 2.03 bits per heavy atom. The average Bonchev–Trinajstić information content (AvgIpc) is 2.82. The van der Waals surface area contributed by atoms with Crippen LogP contribution in [0.5, 0.6) is 0 Å². The summed E-state index contributed by atoms with van der Waals surface area (Å²) in [6, 6.07) is 2.58. The Hall–Kier alpha value is -3.12. The maximum atomic E-state index is 14.6. The third-order valence-electron chi connectivity index (χ3n) is 6.08. The lowest BCUT2D eigenvalue weighted by molar-refractivity contribution is -0.138. The van der Waals surface area contributed by atoms with Gasteiger partial charge in [0, 0.05) is 50.0 Å². The van der Waals surface area contributed by atoms with Gasteiger partial charge in [0.1, 0.15) is 12.0 Å². The van der Waals surface area contributed by atoms with Crippen molar-refractivity contribution < 1.29 is 22.7 Å². The van der Waals surface area contributed by atoms with Gasteiger partial charge in [0.15, 0.2) is 0 Å². The van der Waals surface area contributed by atoms with Crippen LogP contribution in [0.1, 0.15) is 49.6 Å². The third-order valence-corrected chi connectivity index (χ3v) is 6.08. The van der Waals surface area contributed by atoms with Crippen LogP contribution < -0.4 is 10.4 Å². The van der Waals surface area contributed by atoms with E-state index >= 15 is 0 Å². The van der Waals surface area contributed by atoms with E-state index in [1.54, 1.807) is 19.9 Å². The zero-order valence-corrected chi connectivity index (χ0v) is 19.8. The predicted octanol–water partition coefficient (Wildman–Crippen LogP) is 4.57. The first-order valence-corrected chi connectivity index (χ1v) is 11.2. The molecule has 1 unspecified atom stereocenters. The quantitative estimate of drug-likeness (QED) is 0.317. The summed E-state index contributed by atoms with van der Waals surface area (Å²) in [5.74, 6) is -0.307. The number of benzene rings is 1. The van der Waals surface area contributed by atoms with E-state index in [2.05, 4.69) is 32.2 Å². The number of aryl methyl sites for hydroxylation is 1. The van der Waals surface area contributed by atoms with E-state index in [1.807, 2.05) is 11.8 Å². The fraction of sp³-hybridized carbons (Fsp3) is 0.478. The number of likely N-dealkylation sites (tertiary alicyclic amines) is 1. The van der Waals surface area contributed by atoms with Crippen molar-refractivity contribution in [3.05, 3.63) is 47.0 Å². The number of aromatic nitrogens is 2. The van der Waals surface area contributed by atoms with Crippen molar-refractivity contribution in [3.8, 4) is 0 Å². The van der Waals surface area contributed by atoms with Gasteiger partial charge in [-0.05, 0) is 50.3 Å². The van der Waals surface area contributed by atoms with E-state index in [0.29, 0.717) is 17.8 Å². The van der Waals surface area contributed by atoms with Gasteiger partial charge in [0.2, 0.25) is 5.95 Å². The molecule has 35 heavy (non-hydrogen) atoms. The van der Waals surface area contributed by atoms with Crippen molar-refractivity contribution >= 4 is 24.6 Å². The van der Waals surface area contributed by atoms with Gasteiger partial charge in [-0.15, -0.1) is 0 Å². The zero-order chi connectivity index (χ0) is 25.8. The van der Waals surface area contributed by atoms with Gasteiger partial charge >= 0.3 is 6.18 Å². The standard InChI is InChI=1S/C23H29F4N7O/c1-5-32-34(28-4)19-9-15(3)18(24)10-17(19)21(35)33-8-6-7-14(2)20(33)13-31-22-29-11-16(12-30-22)23(25,26)27/h5,9-12,14,20-21,35H,4,6-8,13H2,1-3H3,(H,29,30,31)/b32-5-/t14-,20-,21?/m1/s1. The highest BCUT2D eigenvalue weighted by Gasteiger charge is 2.35. The third kappa shape index (κ3) is 6.12. The number of halogens is 4. The highest BCUT2D eigenvalue weighted by molar-refractivity contribution is 5.61. The highest BCUT2D eigenvalue weighted by atomic mass is 19.4. The molecule has 3 rings (SSSR count). The first-order valence-electron chi connectivity index (χ1n) is 11.2. The summed E-state index contributed by atoms with van der Waals surface area (Å²) in [4.78, 5) is 9.35. The van der Waals surface area contributed by atoms with E-state index in [1.165, 1.54) is 17.4 Å². The number of alkyl halides is 3. The molecule has 0 spiro atoms. The molecule has 12 heteroatoms. The molecule has 1 aliphatic heterocycles. The highest BCUT2D eigenvalue weighted by Crippen LogP contribution is 2.36. The largest absolute Gasteiger partial charge is 0.419 e. The number of piperidine rings is 1. The second-order valence-corrected chi connectivity index (χ2v) is 8.44. The van der Waals surface area contributed by atoms with Crippen LogP contribution in [0, 0.1) is 18.7 Å². The summed E-state index contributed by atoms with van der Waals surface area (Å²) in [5.41, 5.74) is 0.0901. The second kappa shape index (κ2) is 11.1. The molecule has 2 aromatic rings. The smallest absolute Gasteiger partial charge is 0.374 e. The monoisotopic (exact) mass is 495 g/mol. The van der Waals surface area contributed by atoms with Crippen LogP contribution in [0.15, 0.2) is 34.7 Å². The van der Waals surface area contributed by atoms with E-state index < -0.39 is 23.8 Å². The van der Waals surface area contributed by atoms with Gasteiger partial charge in [0.25, 0.3) is 0 Å². The number of aliphatic hydroxyl groups is 1. The molecule has 1 aromatic heterocycles. The summed E-state index contributed by atoms with van der Waals surface area (Å²) in [6.45, 7) is 9.63. The number of aliphatic hydroxyl groups excluding tert-OH is 1. The number of hydrazone groups is 2. The van der Waals surface area contributed by atoms with Crippen molar-refractivity contribution in [3.63, 3.8) is 0 Å². The summed E-state index contributed by atoms with van der Waals surface area (Å²) in [5, 5.41) is 23.6. The Labute approximate surface area is 201 Å². The topological polar surface area (TPSA) is 89.2 Å². The molecule has 0 aliphatic carbocycles. The molecule has 8 nitrogen and oxygen atoms in total. The number of hydrogen-bond acceptors (Lipinski definition) is 8. The van der Waals surface area contributed by atoms with E-state index in [0.717, 1.165) is 25.2 Å². The van der Waals surface area contributed by atoms with Gasteiger partial charge in [-0.1, -0.05) is 6.92 Å². The van der Waals surface area contributed by atoms with Crippen LogP contribution in [-0.4, -0.2) is 52.0 Å². The van der Waals surface area contributed by atoms with E-state index in [-0.39, 0.29) is 30.0 Å². The molecule has 1 aromatic carbocycles. The first kappa shape index (κ1) is 26.5. The molecule has 0 saturated carbocycles. The van der Waals surface area contributed by atoms with Gasteiger partial charge in [-0.3, -0.25) is 4.90 Å². The summed E-state index contributed by atoms with van der Waals surface area (Å²) < 4.78 is 52.9. The van der Waals surface area contributed by atoms with Crippen LogP contribution in [0.4, 0.5) is 29.2 Å². The van der Waals surface area contributed by atoms with Crippen molar-refractivity contribution in [2.75, 3.05) is 23.5 Å². The molecular weight excluding hydrogens is 466 g/mol. The van der Waals surface area contributed by atoms with Gasteiger partial charge in [0.05, 0.1) is 11.3 Å². The minimum absolute atomic E-state index is 0.0478. The normalized spacial score (nSPS) is 20.1. The molecule has 2 heterocycles. The Balaban J connectivity index is 1.87. The fourth-order valence-corrected chi connectivity index (χ4v) is 4.19. The van der Waals surface area contributed by atoms with Crippen LogP contribution in [0.25, 0.3) is 0 Å². The minimum atomic E-state index is -4.52.